The molecule has 0 saturated carbocycles. The molecule has 6 nitrogen and oxygen atoms in total. The molecule has 108 valence electrons. The van der Waals surface area contributed by atoms with Crippen LogP contribution in [0.5, 0.6) is 0 Å². The molecule has 2 aromatic rings. The maximum atomic E-state index is 13.5. The SMILES string of the molecule is N#Cc1c(F)cccc1Nc1cccc(S(N)(=O)=O)c1N. The molecular formula is C13H11FN4O2S. The number of hydrogen-bond acceptors (Lipinski definition) is 5. The molecule has 0 aliphatic rings. The molecular weight excluding hydrogens is 295 g/mol. The first-order chi connectivity index (χ1) is 9.84. The molecule has 8 heteroatoms. The molecule has 2 aromatic carbocycles. The van der Waals surface area contributed by atoms with Gasteiger partial charge in [-0.2, -0.15) is 5.26 Å². The number of nitrogen functional groups attached to an aromatic ring is 1. The number of anilines is 3. The summed E-state index contributed by atoms with van der Waals surface area (Å²) in [5.74, 6) is -0.691. The summed E-state index contributed by atoms with van der Waals surface area (Å²) in [4.78, 5) is -0.248. The van der Waals surface area contributed by atoms with Gasteiger partial charge in [0.05, 0.1) is 17.1 Å². The fourth-order valence-corrected chi connectivity index (χ4v) is 2.47. The Kier molecular flexibility index (Phi) is 3.80. The second kappa shape index (κ2) is 5.40. The molecule has 0 saturated heterocycles. The Labute approximate surface area is 120 Å². The highest BCUT2D eigenvalue weighted by atomic mass is 32.2. The van der Waals surface area contributed by atoms with Crippen molar-refractivity contribution >= 4 is 27.1 Å². The normalized spacial score (nSPS) is 10.9. The first kappa shape index (κ1) is 14.8. The number of nitrogens with zero attached hydrogens (tertiary/aromatic N) is 1. The van der Waals surface area contributed by atoms with Crippen molar-refractivity contribution in [2.75, 3.05) is 11.1 Å². The van der Waals surface area contributed by atoms with Gasteiger partial charge in [0.2, 0.25) is 10.0 Å². The van der Waals surface area contributed by atoms with Crippen LogP contribution in [-0.4, -0.2) is 8.42 Å². The third kappa shape index (κ3) is 2.94. The zero-order valence-electron chi connectivity index (χ0n) is 10.7. The summed E-state index contributed by atoms with van der Waals surface area (Å²) in [7, 11) is -3.98. The monoisotopic (exact) mass is 306 g/mol. The van der Waals surface area contributed by atoms with Crippen molar-refractivity contribution in [2.45, 2.75) is 4.90 Å². The van der Waals surface area contributed by atoms with Gasteiger partial charge in [0, 0.05) is 0 Å². The van der Waals surface area contributed by atoms with Gasteiger partial charge in [-0.15, -0.1) is 0 Å². The summed E-state index contributed by atoms with van der Waals surface area (Å²) < 4.78 is 36.3. The van der Waals surface area contributed by atoms with Crippen LogP contribution >= 0.6 is 0 Å². The van der Waals surface area contributed by atoms with E-state index in [0.29, 0.717) is 0 Å². The molecule has 21 heavy (non-hydrogen) atoms. The van der Waals surface area contributed by atoms with Crippen LogP contribution in [0.3, 0.4) is 0 Å². The van der Waals surface area contributed by atoms with E-state index in [2.05, 4.69) is 5.32 Å². The average molecular weight is 306 g/mol. The number of sulfonamides is 1. The van der Waals surface area contributed by atoms with Crippen LogP contribution in [0.2, 0.25) is 0 Å². The number of para-hydroxylation sites is 1. The standard InChI is InChI=1S/C13H11FN4O2S/c14-9-3-1-4-10(8(9)7-15)18-11-5-2-6-12(13(11)16)21(17,19)20/h1-6,18H,16H2,(H2,17,19,20). The van der Waals surface area contributed by atoms with Crippen LogP contribution in [0.1, 0.15) is 5.56 Å². The van der Waals surface area contributed by atoms with Gasteiger partial charge in [0.25, 0.3) is 0 Å². The molecule has 0 aliphatic heterocycles. The zero-order valence-corrected chi connectivity index (χ0v) is 11.5. The lowest BCUT2D eigenvalue weighted by Crippen LogP contribution is -2.15. The van der Waals surface area contributed by atoms with Gasteiger partial charge in [-0.3, -0.25) is 0 Å². The highest BCUT2D eigenvalue weighted by Crippen LogP contribution is 2.30. The molecule has 5 N–H and O–H groups in total. The van der Waals surface area contributed by atoms with E-state index in [1.807, 2.05) is 0 Å². The quantitative estimate of drug-likeness (QED) is 0.744. The van der Waals surface area contributed by atoms with Crippen LogP contribution in [0.15, 0.2) is 41.3 Å². The molecule has 0 aromatic heterocycles. The summed E-state index contributed by atoms with van der Waals surface area (Å²) in [6.45, 7) is 0. The van der Waals surface area contributed by atoms with Crippen molar-refractivity contribution in [3.05, 3.63) is 47.8 Å². The highest BCUT2D eigenvalue weighted by Gasteiger charge is 2.16. The molecule has 0 bridgehead atoms. The Morgan fingerprint density at radius 3 is 2.38 bits per heavy atom. The second-order valence-corrected chi connectivity index (χ2v) is 5.69. The summed E-state index contributed by atoms with van der Waals surface area (Å²) in [5, 5.41) is 16.7. The van der Waals surface area contributed by atoms with Gasteiger partial charge < -0.3 is 11.1 Å². The number of rotatable bonds is 3. The summed E-state index contributed by atoms with van der Waals surface area (Å²) in [5.41, 5.74) is 5.84. The van der Waals surface area contributed by atoms with E-state index in [9.17, 15) is 12.8 Å². The van der Waals surface area contributed by atoms with Crippen LogP contribution in [-0.2, 0) is 10.0 Å². The van der Waals surface area contributed by atoms with Crippen LogP contribution in [0.25, 0.3) is 0 Å². The van der Waals surface area contributed by atoms with Crippen molar-refractivity contribution in [1.29, 1.82) is 5.26 Å². The minimum Gasteiger partial charge on any atom is -0.396 e. The molecule has 0 unspecified atom stereocenters. The smallest absolute Gasteiger partial charge is 0.240 e. The van der Waals surface area contributed by atoms with Gasteiger partial charge in [-0.05, 0) is 24.3 Å². The maximum absolute atomic E-state index is 13.5. The lowest BCUT2D eigenvalue weighted by molar-refractivity contribution is 0.598. The first-order valence-electron chi connectivity index (χ1n) is 5.71. The van der Waals surface area contributed by atoms with E-state index in [1.54, 1.807) is 6.07 Å². The fourth-order valence-electron chi connectivity index (χ4n) is 1.79. The third-order valence-corrected chi connectivity index (χ3v) is 3.74. The Hall–Kier alpha value is -2.63. The second-order valence-electron chi connectivity index (χ2n) is 4.16. The highest BCUT2D eigenvalue weighted by molar-refractivity contribution is 7.89. The van der Waals surface area contributed by atoms with Crippen molar-refractivity contribution in [2.24, 2.45) is 5.14 Å². The molecule has 2 rings (SSSR count). The Bertz CT molecular complexity index is 844. The van der Waals surface area contributed by atoms with Gasteiger partial charge in [0.15, 0.2) is 0 Å². The predicted molar refractivity (Wildman–Crippen MR) is 76.6 cm³/mol. The number of halogens is 1. The molecule has 0 heterocycles. The van der Waals surface area contributed by atoms with E-state index in [0.717, 1.165) is 6.07 Å². The van der Waals surface area contributed by atoms with Crippen molar-refractivity contribution in [3.8, 4) is 6.07 Å². The number of nitrogens with one attached hydrogen (secondary N) is 1. The molecule has 0 amide bonds. The summed E-state index contributed by atoms with van der Waals surface area (Å²) >= 11 is 0. The lowest BCUT2D eigenvalue weighted by atomic mass is 10.1. The molecule has 0 fully saturated rings. The van der Waals surface area contributed by atoms with Gasteiger partial charge in [0.1, 0.15) is 22.3 Å². The van der Waals surface area contributed by atoms with Gasteiger partial charge in [-0.1, -0.05) is 12.1 Å². The van der Waals surface area contributed by atoms with Crippen LogP contribution in [0, 0.1) is 17.1 Å². The third-order valence-electron chi connectivity index (χ3n) is 2.77. The van der Waals surface area contributed by atoms with Crippen molar-refractivity contribution in [1.82, 2.24) is 0 Å². The minimum atomic E-state index is -3.98. The van der Waals surface area contributed by atoms with Crippen molar-refractivity contribution in [3.63, 3.8) is 0 Å². The average Bonchev–Trinajstić information content (AvgIpc) is 2.40. The fraction of sp³-hybridized carbons (Fsp3) is 0. The van der Waals surface area contributed by atoms with Gasteiger partial charge in [-0.25, -0.2) is 17.9 Å². The topological polar surface area (TPSA) is 122 Å². The Morgan fingerprint density at radius 2 is 1.76 bits per heavy atom. The largest absolute Gasteiger partial charge is 0.396 e. The number of nitriles is 1. The van der Waals surface area contributed by atoms with E-state index in [1.165, 1.54) is 30.3 Å². The van der Waals surface area contributed by atoms with E-state index >= 15 is 0 Å². The minimum absolute atomic E-state index is 0.104. The van der Waals surface area contributed by atoms with E-state index in [4.69, 9.17) is 16.1 Å². The van der Waals surface area contributed by atoms with Gasteiger partial charge >= 0.3 is 0 Å². The predicted octanol–water partition coefficient (Wildman–Crippen LogP) is 1.67. The van der Waals surface area contributed by atoms with E-state index in [-0.39, 0.29) is 27.5 Å². The Morgan fingerprint density at radius 1 is 1.14 bits per heavy atom. The van der Waals surface area contributed by atoms with Crippen molar-refractivity contribution < 1.29 is 12.8 Å². The number of nitrogens with two attached hydrogens (primary N) is 2. The number of benzene rings is 2. The lowest BCUT2D eigenvalue weighted by Gasteiger charge is -2.13. The molecule has 0 aliphatic carbocycles. The molecule has 0 radical (unpaired) electrons. The number of hydrogen-bond donors (Lipinski definition) is 3. The van der Waals surface area contributed by atoms with Crippen LogP contribution in [0.4, 0.5) is 21.5 Å². The zero-order chi connectivity index (χ0) is 15.6. The Balaban J connectivity index is 2.52. The molecule has 0 spiro atoms. The summed E-state index contributed by atoms with van der Waals surface area (Å²) in [6.07, 6.45) is 0. The first-order valence-corrected chi connectivity index (χ1v) is 7.26. The number of primary sulfonamides is 1. The van der Waals surface area contributed by atoms with Crippen LogP contribution < -0.4 is 16.2 Å². The van der Waals surface area contributed by atoms with E-state index < -0.39 is 15.8 Å². The maximum Gasteiger partial charge on any atom is 0.240 e. The summed E-state index contributed by atoms with van der Waals surface area (Å²) in [6, 6.07) is 9.95. The molecule has 0 atom stereocenters.